The number of hydrogen-bond donors (Lipinski definition) is 1. The zero-order chi connectivity index (χ0) is 22.0. The molecule has 2 amide bonds. The highest BCUT2D eigenvalue weighted by Crippen LogP contribution is 2.42. The molecule has 3 fully saturated rings. The van der Waals surface area contributed by atoms with Crippen molar-refractivity contribution in [1.82, 2.24) is 10.2 Å². The minimum atomic E-state index is -4.39. The molecule has 4 nitrogen and oxygen atoms in total. The molecule has 31 heavy (non-hydrogen) atoms. The number of hydrogen-bond acceptors (Lipinski definition) is 3. The SMILES string of the molecule is O=C(CN1C(=O)/C(=C\c2ccc(C(F)(F)F)cc2)SC2CCCCC21)NC1CCCC1. The minimum absolute atomic E-state index is 0.0327. The fourth-order valence-corrected chi connectivity index (χ4v) is 6.25. The lowest BCUT2D eigenvalue weighted by Crippen LogP contribution is -2.55. The molecule has 2 aliphatic carbocycles. The number of carbonyl (C=O) groups is 2. The van der Waals surface area contributed by atoms with Gasteiger partial charge in [-0.3, -0.25) is 9.59 Å². The number of alkyl halides is 3. The van der Waals surface area contributed by atoms with E-state index in [1.165, 1.54) is 23.9 Å². The van der Waals surface area contributed by atoms with Gasteiger partial charge in [0.05, 0.1) is 10.5 Å². The number of halogens is 3. The summed E-state index contributed by atoms with van der Waals surface area (Å²) in [6.07, 6.45) is 5.44. The number of rotatable bonds is 4. The van der Waals surface area contributed by atoms with Gasteiger partial charge in [0, 0.05) is 17.3 Å². The van der Waals surface area contributed by atoms with E-state index < -0.39 is 11.7 Å². The summed E-state index contributed by atoms with van der Waals surface area (Å²) in [6, 6.07) is 5.05. The van der Waals surface area contributed by atoms with Crippen molar-refractivity contribution in [3.05, 3.63) is 40.3 Å². The Balaban J connectivity index is 1.52. The third-order valence-electron chi connectivity index (χ3n) is 6.39. The van der Waals surface area contributed by atoms with Crippen LogP contribution < -0.4 is 5.32 Å². The Morgan fingerprint density at radius 1 is 1.06 bits per heavy atom. The zero-order valence-electron chi connectivity index (χ0n) is 17.3. The third kappa shape index (κ3) is 5.27. The highest BCUT2D eigenvalue weighted by molar-refractivity contribution is 8.04. The smallest absolute Gasteiger partial charge is 0.352 e. The molecule has 168 valence electrons. The fraction of sp³-hybridized carbons (Fsp3) is 0.565. The molecule has 2 saturated carbocycles. The Hall–Kier alpha value is -1.96. The van der Waals surface area contributed by atoms with Gasteiger partial charge in [-0.2, -0.15) is 13.2 Å². The van der Waals surface area contributed by atoms with Crippen molar-refractivity contribution >= 4 is 29.7 Å². The average Bonchev–Trinajstić information content (AvgIpc) is 3.24. The normalized spacial score (nSPS) is 26.2. The highest BCUT2D eigenvalue weighted by atomic mass is 32.2. The lowest BCUT2D eigenvalue weighted by molar-refractivity contribution is -0.137. The third-order valence-corrected chi connectivity index (χ3v) is 7.79. The minimum Gasteiger partial charge on any atom is -0.352 e. The maximum atomic E-state index is 13.3. The van der Waals surface area contributed by atoms with Crippen LogP contribution in [-0.2, 0) is 15.8 Å². The van der Waals surface area contributed by atoms with Crippen LogP contribution >= 0.6 is 11.8 Å². The van der Waals surface area contributed by atoms with E-state index in [1.54, 1.807) is 11.0 Å². The Labute approximate surface area is 184 Å². The van der Waals surface area contributed by atoms with Gasteiger partial charge in [0.2, 0.25) is 5.91 Å². The van der Waals surface area contributed by atoms with Gasteiger partial charge >= 0.3 is 6.18 Å². The monoisotopic (exact) mass is 452 g/mol. The van der Waals surface area contributed by atoms with Crippen molar-refractivity contribution in [1.29, 1.82) is 0 Å². The van der Waals surface area contributed by atoms with Gasteiger partial charge in [-0.05, 0) is 49.5 Å². The quantitative estimate of drug-likeness (QED) is 0.655. The average molecular weight is 453 g/mol. The van der Waals surface area contributed by atoms with Gasteiger partial charge in [0.25, 0.3) is 5.91 Å². The molecule has 2 unspecified atom stereocenters. The van der Waals surface area contributed by atoms with Gasteiger partial charge in [0.15, 0.2) is 0 Å². The van der Waals surface area contributed by atoms with Crippen LogP contribution in [0.1, 0.15) is 62.5 Å². The predicted molar refractivity (Wildman–Crippen MR) is 115 cm³/mol. The van der Waals surface area contributed by atoms with Gasteiger partial charge < -0.3 is 10.2 Å². The van der Waals surface area contributed by atoms with Crippen LogP contribution in [0.5, 0.6) is 0 Å². The van der Waals surface area contributed by atoms with E-state index in [-0.39, 0.29) is 35.7 Å². The summed E-state index contributed by atoms with van der Waals surface area (Å²) >= 11 is 1.51. The number of benzene rings is 1. The maximum Gasteiger partial charge on any atom is 0.416 e. The topological polar surface area (TPSA) is 49.4 Å². The summed E-state index contributed by atoms with van der Waals surface area (Å²) in [5, 5.41) is 3.28. The van der Waals surface area contributed by atoms with Crippen molar-refractivity contribution < 1.29 is 22.8 Å². The second-order valence-electron chi connectivity index (χ2n) is 8.62. The number of thioether (sulfide) groups is 1. The van der Waals surface area contributed by atoms with Crippen LogP contribution in [0.4, 0.5) is 13.2 Å². The largest absolute Gasteiger partial charge is 0.416 e. The Kier molecular flexibility index (Phi) is 6.65. The van der Waals surface area contributed by atoms with Crippen LogP contribution in [0.3, 0.4) is 0 Å². The second-order valence-corrected chi connectivity index (χ2v) is 9.90. The molecule has 0 spiro atoms. The lowest BCUT2D eigenvalue weighted by atomic mass is 9.93. The van der Waals surface area contributed by atoms with E-state index >= 15 is 0 Å². The molecule has 1 aliphatic heterocycles. The molecule has 2 atom stereocenters. The first kappa shape index (κ1) is 22.2. The molecule has 1 aromatic carbocycles. The molecule has 1 N–H and O–H groups in total. The first-order valence-electron chi connectivity index (χ1n) is 11.0. The van der Waals surface area contributed by atoms with Crippen LogP contribution in [0.15, 0.2) is 29.2 Å². The van der Waals surface area contributed by atoms with Gasteiger partial charge in [-0.15, -0.1) is 11.8 Å². The van der Waals surface area contributed by atoms with E-state index in [9.17, 15) is 22.8 Å². The summed E-state index contributed by atoms with van der Waals surface area (Å²) in [6.45, 7) is 0.0431. The maximum absolute atomic E-state index is 13.3. The van der Waals surface area contributed by atoms with E-state index in [4.69, 9.17) is 0 Å². The molecule has 1 heterocycles. The Bertz CT molecular complexity index is 847. The van der Waals surface area contributed by atoms with Crippen LogP contribution in [0, 0.1) is 0 Å². The molecule has 0 radical (unpaired) electrons. The van der Waals surface area contributed by atoms with Crippen molar-refractivity contribution in [2.75, 3.05) is 6.54 Å². The summed E-state index contributed by atoms with van der Waals surface area (Å²) in [7, 11) is 0. The molecular formula is C23H27F3N2O2S. The number of amides is 2. The Morgan fingerprint density at radius 3 is 2.39 bits per heavy atom. The number of carbonyl (C=O) groups excluding carboxylic acids is 2. The molecule has 0 aromatic heterocycles. The molecular weight excluding hydrogens is 425 g/mol. The molecule has 4 rings (SSSR count). The first-order valence-corrected chi connectivity index (χ1v) is 11.8. The first-order chi connectivity index (χ1) is 14.8. The summed E-state index contributed by atoms with van der Waals surface area (Å²) < 4.78 is 38.5. The van der Waals surface area contributed by atoms with Crippen LogP contribution in [0.2, 0.25) is 0 Å². The standard InChI is InChI=1S/C23H27F3N2O2S/c24-23(25,26)16-11-9-15(10-12-16)13-20-22(30)28(18-7-3-4-8-19(18)31-20)14-21(29)27-17-5-1-2-6-17/h9-13,17-19H,1-8,14H2,(H,27,29)/b20-13+. The van der Waals surface area contributed by atoms with E-state index in [0.717, 1.165) is 63.5 Å². The van der Waals surface area contributed by atoms with Crippen molar-refractivity contribution in [2.24, 2.45) is 0 Å². The molecule has 1 aromatic rings. The van der Waals surface area contributed by atoms with Crippen molar-refractivity contribution in [3.8, 4) is 0 Å². The predicted octanol–water partition coefficient (Wildman–Crippen LogP) is 4.99. The number of nitrogens with one attached hydrogen (secondary N) is 1. The second kappa shape index (κ2) is 9.27. The van der Waals surface area contributed by atoms with E-state index in [0.29, 0.717) is 10.5 Å². The number of fused-ring (bicyclic) bond motifs is 1. The van der Waals surface area contributed by atoms with Crippen LogP contribution in [0.25, 0.3) is 6.08 Å². The molecule has 0 bridgehead atoms. The highest BCUT2D eigenvalue weighted by Gasteiger charge is 2.41. The van der Waals surface area contributed by atoms with E-state index in [2.05, 4.69) is 5.32 Å². The molecule has 1 saturated heterocycles. The zero-order valence-corrected chi connectivity index (χ0v) is 18.1. The molecule has 8 heteroatoms. The van der Waals surface area contributed by atoms with Crippen molar-refractivity contribution in [3.63, 3.8) is 0 Å². The van der Waals surface area contributed by atoms with Gasteiger partial charge in [0.1, 0.15) is 6.54 Å². The molecule has 3 aliphatic rings. The Morgan fingerprint density at radius 2 is 1.71 bits per heavy atom. The summed E-state index contributed by atoms with van der Waals surface area (Å²) in [4.78, 5) is 28.1. The fourth-order valence-electron chi connectivity index (χ4n) is 4.78. The number of nitrogens with zero attached hydrogens (tertiary/aromatic N) is 1. The van der Waals surface area contributed by atoms with Crippen molar-refractivity contribution in [2.45, 2.75) is 74.9 Å². The van der Waals surface area contributed by atoms with Crippen LogP contribution in [-0.4, -0.2) is 40.6 Å². The van der Waals surface area contributed by atoms with Gasteiger partial charge in [-0.1, -0.05) is 37.8 Å². The van der Waals surface area contributed by atoms with E-state index in [1.807, 2.05) is 0 Å². The summed E-state index contributed by atoms with van der Waals surface area (Å²) in [5.74, 6) is -0.319. The summed E-state index contributed by atoms with van der Waals surface area (Å²) in [5.41, 5.74) is -0.164. The lowest BCUT2D eigenvalue weighted by Gasteiger charge is -2.44. The van der Waals surface area contributed by atoms with Gasteiger partial charge in [-0.25, -0.2) is 0 Å².